The van der Waals surface area contributed by atoms with Crippen molar-refractivity contribution in [3.63, 3.8) is 0 Å². The smallest absolute Gasteiger partial charge is 0.140 e. The van der Waals surface area contributed by atoms with E-state index in [4.69, 9.17) is 11.6 Å². The summed E-state index contributed by atoms with van der Waals surface area (Å²) in [5.41, 5.74) is 0.429. The van der Waals surface area contributed by atoms with E-state index in [1.807, 2.05) is 0 Å². The third-order valence-electron chi connectivity index (χ3n) is 4.37. The van der Waals surface area contributed by atoms with Crippen LogP contribution in [0.25, 0.3) is 0 Å². The fourth-order valence-electron chi connectivity index (χ4n) is 3.19. The van der Waals surface area contributed by atoms with E-state index >= 15 is 0 Å². The zero-order chi connectivity index (χ0) is 14.5. The Labute approximate surface area is 125 Å². The summed E-state index contributed by atoms with van der Waals surface area (Å²) in [6.07, 6.45) is 6.87. The molecule has 0 radical (unpaired) electrons. The first kappa shape index (κ1) is 15.5. The van der Waals surface area contributed by atoms with Gasteiger partial charge in [-0.25, -0.2) is 4.39 Å². The van der Waals surface area contributed by atoms with Crippen LogP contribution in [0.15, 0.2) is 18.2 Å². The summed E-state index contributed by atoms with van der Waals surface area (Å²) < 4.78 is 13.6. The van der Waals surface area contributed by atoms with Gasteiger partial charge in [0.15, 0.2) is 0 Å². The third-order valence-corrected chi connectivity index (χ3v) is 4.61. The van der Waals surface area contributed by atoms with Gasteiger partial charge in [0.2, 0.25) is 0 Å². The summed E-state index contributed by atoms with van der Waals surface area (Å²) in [4.78, 5) is 12.3. The molecule has 0 aromatic heterocycles. The van der Waals surface area contributed by atoms with Crippen LogP contribution >= 0.6 is 11.6 Å². The van der Waals surface area contributed by atoms with Crippen LogP contribution in [0.2, 0.25) is 5.02 Å². The Bertz CT molecular complexity index is 464. The fourth-order valence-corrected chi connectivity index (χ4v) is 3.39. The van der Waals surface area contributed by atoms with Gasteiger partial charge in [0.05, 0.1) is 0 Å². The van der Waals surface area contributed by atoms with Crippen LogP contribution in [-0.2, 0) is 11.2 Å². The zero-order valence-corrected chi connectivity index (χ0v) is 12.8. The monoisotopic (exact) mass is 296 g/mol. The molecule has 1 nitrogen and oxygen atoms in total. The molecule has 110 valence electrons. The van der Waals surface area contributed by atoms with Gasteiger partial charge in [-0.2, -0.15) is 0 Å². The van der Waals surface area contributed by atoms with E-state index in [-0.39, 0.29) is 23.9 Å². The second-order valence-corrected chi connectivity index (χ2v) is 6.32. The predicted molar refractivity (Wildman–Crippen MR) is 80.5 cm³/mol. The van der Waals surface area contributed by atoms with Gasteiger partial charge in [0.1, 0.15) is 11.6 Å². The van der Waals surface area contributed by atoms with Crippen molar-refractivity contribution in [1.29, 1.82) is 0 Å². The Hall–Kier alpha value is -0.890. The highest BCUT2D eigenvalue weighted by molar-refractivity contribution is 6.30. The lowest BCUT2D eigenvalue weighted by atomic mass is 9.77. The maximum Gasteiger partial charge on any atom is 0.140 e. The molecular formula is C17H22ClFO. The summed E-state index contributed by atoms with van der Waals surface area (Å²) in [7, 11) is 0. The second-order valence-electron chi connectivity index (χ2n) is 5.89. The Kier molecular flexibility index (Phi) is 5.59. The first-order valence-electron chi connectivity index (χ1n) is 7.56. The van der Waals surface area contributed by atoms with Gasteiger partial charge in [0, 0.05) is 17.4 Å². The number of rotatable bonds is 5. The minimum Gasteiger partial charge on any atom is -0.299 e. The van der Waals surface area contributed by atoms with Gasteiger partial charge in [-0.1, -0.05) is 31.4 Å². The van der Waals surface area contributed by atoms with E-state index < -0.39 is 0 Å². The van der Waals surface area contributed by atoms with Gasteiger partial charge in [0.25, 0.3) is 0 Å². The molecule has 0 bridgehead atoms. The number of halogens is 2. The highest BCUT2D eigenvalue weighted by atomic mass is 35.5. The Morgan fingerprint density at radius 1 is 1.30 bits per heavy atom. The molecule has 20 heavy (non-hydrogen) atoms. The first-order chi connectivity index (χ1) is 9.60. The molecule has 0 unspecified atom stereocenters. The molecule has 0 spiro atoms. The summed E-state index contributed by atoms with van der Waals surface area (Å²) >= 11 is 5.86. The van der Waals surface area contributed by atoms with E-state index in [1.54, 1.807) is 6.07 Å². The number of ketones is 1. The predicted octanol–water partition coefficient (Wildman–Crippen LogP) is 5.20. The summed E-state index contributed by atoms with van der Waals surface area (Å²) in [6.45, 7) is 2.21. The van der Waals surface area contributed by atoms with E-state index in [9.17, 15) is 9.18 Å². The molecule has 1 aliphatic carbocycles. The number of hydrogen-bond acceptors (Lipinski definition) is 1. The average molecular weight is 297 g/mol. The quantitative estimate of drug-likeness (QED) is 0.730. The number of carbonyl (C=O) groups is 1. The highest BCUT2D eigenvalue weighted by Gasteiger charge is 2.26. The minimum absolute atomic E-state index is 0.112. The van der Waals surface area contributed by atoms with Crippen molar-refractivity contribution in [2.45, 2.75) is 51.9 Å². The molecule has 1 aromatic rings. The van der Waals surface area contributed by atoms with Crippen molar-refractivity contribution in [3.8, 4) is 0 Å². The average Bonchev–Trinajstić information content (AvgIpc) is 2.44. The van der Waals surface area contributed by atoms with Crippen molar-refractivity contribution in [1.82, 2.24) is 0 Å². The molecule has 0 aliphatic heterocycles. The maximum atomic E-state index is 13.6. The van der Waals surface area contributed by atoms with Crippen molar-refractivity contribution in [2.24, 2.45) is 11.8 Å². The lowest BCUT2D eigenvalue weighted by molar-refractivity contribution is -0.123. The standard InChI is InChI=1S/C17H22ClFO/c1-2-3-12-4-6-13(7-5-12)17(20)11-14-10-15(18)8-9-16(14)19/h8-10,12-13H,2-7,11H2,1H3. The molecule has 3 heteroatoms. The number of Topliss-reactive ketones (excluding diaryl/α,β-unsaturated/α-hetero) is 1. The molecule has 2 rings (SSSR count). The van der Waals surface area contributed by atoms with E-state index in [2.05, 4.69) is 6.92 Å². The van der Waals surface area contributed by atoms with Crippen molar-refractivity contribution >= 4 is 17.4 Å². The van der Waals surface area contributed by atoms with Crippen LogP contribution in [0.1, 0.15) is 51.0 Å². The van der Waals surface area contributed by atoms with Crippen LogP contribution in [0.3, 0.4) is 0 Å². The van der Waals surface area contributed by atoms with Crippen LogP contribution in [0.5, 0.6) is 0 Å². The number of hydrogen-bond donors (Lipinski definition) is 0. The molecule has 0 N–H and O–H groups in total. The van der Waals surface area contributed by atoms with Gasteiger partial charge >= 0.3 is 0 Å². The maximum absolute atomic E-state index is 13.6. The van der Waals surface area contributed by atoms with E-state index in [0.717, 1.165) is 31.6 Å². The Morgan fingerprint density at radius 2 is 2.00 bits per heavy atom. The van der Waals surface area contributed by atoms with E-state index in [1.165, 1.54) is 25.0 Å². The molecule has 1 saturated carbocycles. The molecule has 0 heterocycles. The van der Waals surface area contributed by atoms with Crippen LogP contribution in [-0.4, -0.2) is 5.78 Å². The molecule has 0 saturated heterocycles. The molecular weight excluding hydrogens is 275 g/mol. The van der Waals surface area contributed by atoms with Crippen LogP contribution in [0, 0.1) is 17.7 Å². The Balaban J connectivity index is 1.91. The molecule has 0 amide bonds. The largest absolute Gasteiger partial charge is 0.299 e. The molecule has 1 aromatic carbocycles. The summed E-state index contributed by atoms with van der Waals surface area (Å²) in [5.74, 6) is 0.733. The van der Waals surface area contributed by atoms with Crippen molar-refractivity contribution in [2.75, 3.05) is 0 Å². The summed E-state index contributed by atoms with van der Waals surface area (Å²) in [6, 6.07) is 4.42. The fraction of sp³-hybridized carbons (Fsp3) is 0.588. The number of benzene rings is 1. The van der Waals surface area contributed by atoms with Gasteiger partial charge < -0.3 is 0 Å². The van der Waals surface area contributed by atoms with Gasteiger partial charge in [-0.05, 0) is 55.4 Å². The third kappa shape index (κ3) is 4.05. The lowest BCUT2D eigenvalue weighted by Crippen LogP contribution is -2.23. The van der Waals surface area contributed by atoms with Gasteiger partial charge in [-0.15, -0.1) is 0 Å². The lowest BCUT2D eigenvalue weighted by Gasteiger charge is -2.27. The molecule has 1 aliphatic rings. The summed E-state index contributed by atoms with van der Waals surface area (Å²) in [5, 5.41) is 0.487. The van der Waals surface area contributed by atoms with Crippen molar-refractivity contribution in [3.05, 3.63) is 34.6 Å². The topological polar surface area (TPSA) is 17.1 Å². The first-order valence-corrected chi connectivity index (χ1v) is 7.94. The SMILES string of the molecule is CCCC1CCC(C(=O)Cc2cc(Cl)ccc2F)CC1. The van der Waals surface area contributed by atoms with Crippen LogP contribution in [0.4, 0.5) is 4.39 Å². The number of carbonyl (C=O) groups excluding carboxylic acids is 1. The molecule has 0 atom stereocenters. The van der Waals surface area contributed by atoms with E-state index in [0.29, 0.717) is 10.6 Å². The van der Waals surface area contributed by atoms with Gasteiger partial charge in [-0.3, -0.25) is 4.79 Å². The zero-order valence-electron chi connectivity index (χ0n) is 12.0. The molecule has 1 fully saturated rings. The normalized spacial score (nSPS) is 22.8. The second kappa shape index (κ2) is 7.21. The highest BCUT2D eigenvalue weighted by Crippen LogP contribution is 2.32. The van der Waals surface area contributed by atoms with Crippen LogP contribution < -0.4 is 0 Å². The Morgan fingerprint density at radius 3 is 2.65 bits per heavy atom. The minimum atomic E-state index is -0.331. The van der Waals surface area contributed by atoms with Crippen molar-refractivity contribution < 1.29 is 9.18 Å².